The van der Waals surface area contributed by atoms with Gasteiger partial charge in [0.15, 0.2) is 11.5 Å². The largest absolute Gasteiger partial charge is 0.493 e. The van der Waals surface area contributed by atoms with Crippen molar-refractivity contribution >= 4 is 0 Å². The predicted molar refractivity (Wildman–Crippen MR) is 93.1 cm³/mol. The van der Waals surface area contributed by atoms with Crippen LogP contribution in [-0.4, -0.2) is 25.7 Å². The summed E-state index contributed by atoms with van der Waals surface area (Å²) in [5, 5.41) is 8.91. The fraction of sp³-hybridized carbons (Fsp3) is 0.350. The van der Waals surface area contributed by atoms with Crippen LogP contribution in [0, 0.1) is 11.3 Å². The third kappa shape index (κ3) is 3.37. The highest BCUT2D eigenvalue weighted by atomic mass is 16.5. The second-order valence-corrected chi connectivity index (χ2v) is 6.05. The molecule has 0 radical (unpaired) electrons. The van der Waals surface area contributed by atoms with Crippen LogP contribution in [0.4, 0.5) is 0 Å². The third-order valence-electron chi connectivity index (χ3n) is 4.62. The summed E-state index contributed by atoms with van der Waals surface area (Å²) in [5.74, 6) is 1.54. The van der Waals surface area contributed by atoms with Gasteiger partial charge in [0.05, 0.1) is 25.9 Å². The summed E-state index contributed by atoms with van der Waals surface area (Å²) in [6, 6.07) is 16.6. The van der Waals surface area contributed by atoms with Gasteiger partial charge in [-0.05, 0) is 54.8 Å². The first-order valence-corrected chi connectivity index (χ1v) is 8.20. The van der Waals surface area contributed by atoms with Crippen LogP contribution >= 0.6 is 0 Å². The topological polar surface area (TPSA) is 45.5 Å². The summed E-state index contributed by atoms with van der Waals surface area (Å²) in [6.07, 6.45) is 2.33. The van der Waals surface area contributed by atoms with E-state index in [0.717, 1.165) is 31.0 Å². The number of methoxy groups -OCH3 is 2. The summed E-state index contributed by atoms with van der Waals surface area (Å²) >= 11 is 0. The Morgan fingerprint density at radius 3 is 2.50 bits per heavy atom. The van der Waals surface area contributed by atoms with Crippen LogP contribution in [0.1, 0.15) is 35.6 Å². The van der Waals surface area contributed by atoms with E-state index in [9.17, 15) is 0 Å². The monoisotopic (exact) mass is 322 g/mol. The predicted octanol–water partition coefficient (Wildman–Crippen LogP) is 3.91. The lowest BCUT2D eigenvalue weighted by molar-refractivity contribution is 0.247. The zero-order valence-corrected chi connectivity index (χ0v) is 14.2. The summed E-state index contributed by atoms with van der Waals surface area (Å²) < 4.78 is 10.8. The van der Waals surface area contributed by atoms with Crippen LogP contribution in [0.15, 0.2) is 42.5 Å². The molecule has 4 nitrogen and oxygen atoms in total. The molecule has 0 aliphatic carbocycles. The zero-order valence-electron chi connectivity index (χ0n) is 14.2. The van der Waals surface area contributed by atoms with Crippen molar-refractivity contribution in [1.82, 2.24) is 4.90 Å². The molecule has 0 amide bonds. The van der Waals surface area contributed by atoms with Gasteiger partial charge in [0.25, 0.3) is 0 Å². The van der Waals surface area contributed by atoms with Gasteiger partial charge in [0, 0.05) is 12.6 Å². The molecule has 124 valence electrons. The highest BCUT2D eigenvalue weighted by Crippen LogP contribution is 2.37. The third-order valence-corrected chi connectivity index (χ3v) is 4.62. The molecule has 4 heteroatoms. The molecular weight excluding hydrogens is 300 g/mol. The molecule has 1 atom stereocenters. The Labute approximate surface area is 143 Å². The molecule has 1 fully saturated rings. The molecule has 24 heavy (non-hydrogen) atoms. The first kappa shape index (κ1) is 16.4. The van der Waals surface area contributed by atoms with Crippen LogP contribution in [0.25, 0.3) is 0 Å². The number of nitrogens with zero attached hydrogens (tertiary/aromatic N) is 2. The summed E-state index contributed by atoms with van der Waals surface area (Å²) in [5.41, 5.74) is 3.21. The van der Waals surface area contributed by atoms with Crippen LogP contribution in [-0.2, 0) is 6.54 Å². The van der Waals surface area contributed by atoms with Crippen molar-refractivity contribution in [3.8, 4) is 17.6 Å². The van der Waals surface area contributed by atoms with Crippen molar-refractivity contribution in [2.75, 3.05) is 20.8 Å². The molecule has 3 rings (SSSR count). The molecule has 0 spiro atoms. The highest BCUT2D eigenvalue weighted by Gasteiger charge is 2.26. The van der Waals surface area contributed by atoms with Crippen molar-refractivity contribution in [2.24, 2.45) is 0 Å². The molecule has 1 heterocycles. The quantitative estimate of drug-likeness (QED) is 0.837. The van der Waals surface area contributed by atoms with Gasteiger partial charge in [-0.15, -0.1) is 0 Å². The summed E-state index contributed by atoms with van der Waals surface area (Å²) in [6.45, 7) is 1.98. The van der Waals surface area contributed by atoms with E-state index in [1.54, 1.807) is 14.2 Å². The second-order valence-electron chi connectivity index (χ2n) is 6.05. The number of likely N-dealkylation sites (tertiary alicyclic amines) is 1. The number of hydrogen-bond acceptors (Lipinski definition) is 4. The molecule has 1 unspecified atom stereocenters. The molecular formula is C20H22N2O2. The van der Waals surface area contributed by atoms with Gasteiger partial charge < -0.3 is 9.47 Å². The smallest absolute Gasteiger partial charge is 0.161 e. The van der Waals surface area contributed by atoms with Crippen LogP contribution in [0.3, 0.4) is 0 Å². The Balaban J connectivity index is 1.78. The Kier molecular flexibility index (Phi) is 5.02. The maximum absolute atomic E-state index is 8.91. The van der Waals surface area contributed by atoms with Gasteiger partial charge in [0.1, 0.15) is 0 Å². The minimum atomic E-state index is 0.389. The van der Waals surface area contributed by atoms with Crippen molar-refractivity contribution < 1.29 is 9.47 Å². The molecule has 1 aliphatic rings. The van der Waals surface area contributed by atoms with E-state index in [2.05, 4.69) is 23.1 Å². The molecule has 0 bridgehead atoms. The molecule has 0 N–H and O–H groups in total. The van der Waals surface area contributed by atoms with E-state index in [4.69, 9.17) is 14.7 Å². The summed E-state index contributed by atoms with van der Waals surface area (Å²) in [4.78, 5) is 2.49. The van der Waals surface area contributed by atoms with Crippen LogP contribution in [0.5, 0.6) is 11.5 Å². The number of nitriles is 1. The lowest BCUT2D eigenvalue weighted by atomic mass is 10.0. The van der Waals surface area contributed by atoms with E-state index in [1.165, 1.54) is 17.5 Å². The normalized spacial score (nSPS) is 17.5. The van der Waals surface area contributed by atoms with Gasteiger partial charge in [0.2, 0.25) is 0 Å². The second kappa shape index (κ2) is 7.37. The first-order valence-electron chi connectivity index (χ1n) is 8.20. The van der Waals surface area contributed by atoms with Crippen molar-refractivity contribution in [3.05, 3.63) is 59.2 Å². The van der Waals surface area contributed by atoms with Gasteiger partial charge in [-0.2, -0.15) is 5.26 Å². The Morgan fingerprint density at radius 1 is 1.08 bits per heavy atom. The minimum Gasteiger partial charge on any atom is -0.493 e. The van der Waals surface area contributed by atoms with Gasteiger partial charge in [-0.3, -0.25) is 4.90 Å². The molecule has 2 aromatic rings. The fourth-order valence-corrected chi connectivity index (χ4v) is 3.37. The Bertz CT molecular complexity index is 734. The fourth-order valence-electron chi connectivity index (χ4n) is 3.37. The van der Waals surface area contributed by atoms with Crippen molar-refractivity contribution in [2.45, 2.75) is 25.4 Å². The maximum Gasteiger partial charge on any atom is 0.161 e. The molecule has 1 aliphatic heterocycles. The SMILES string of the molecule is COc1ccc(C2CCCN2Cc2ccc(C#N)cc2)cc1OC. The van der Waals surface area contributed by atoms with E-state index in [-0.39, 0.29) is 0 Å². The molecule has 2 aromatic carbocycles. The molecule has 0 aromatic heterocycles. The van der Waals surface area contributed by atoms with Gasteiger partial charge >= 0.3 is 0 Å². The van der Waals surface area contributed by atoms with Gasteiger partial charge in [-0.25, -0.2) is 0 Å². The molecule has 0 saturated carbocycles. The standard InChI is InChI=1S/C20H22N2O2/c1-23-19-10-9-17(12-20(19)24-2)18-4-3-11-22(18)14-16-7-5-15(13-21)6-8-16/h5-10,12,18H,3-4,11,14H2,1-2H3. The van der Waals surface area contributed by atoms with E-state index < -0.39 is 0 Å². The first-order chi connectivity index (χ1) is 11.7. The van der Waals surface area contributed by atoms with Crippen molar-refractivity contribution in [3.63, 3.8) is 0 Å². The van der Waals surface area contributed by atoms with Crippen LogP contribution in [0.2, 0.25) is 0 Å². The number of rotatable bonds is 5. The lowest BCUT2D eigenvalue weighted by Crippen LogP contribution is -2.22. The lowest BCUT2D eigenvalue weighted by Gasteiger charge is -2.25. The number of benzene rings is 2. The summed E-state index contributed by atoms with van der Waals surface area (Å²) in [7, 11) is 3.33. The van der Waals surface area contributed by atoms with Gasteiger partial charge in [-0.1, -0.05) is 18.2 Å². The zero-order chi connectivity index (χ0) is 16.9. The van der Waals surface area contributed by atoms with E-state index in [0.29, 0.717) is 11.6 Å². The van der Waals surface area contributed by atoms with Crippen LogP contribution < -0.4 is 9.47 Å². The van der Waals surface area contributed by atoms with E-state index >= 15 is 0 Å². The minimum absolute atomic E-state index is 0.389. The molecule has 1 saturated heterocycles. The average molecular weight is 322 g/mol. The maximum atomic E-state index is 8.91. The van der Waals surface area contributed by atoms with E-state index in [1.807, 2.05) is 30.3 Å². The number of ether oxygens (including phenoxy) is 2. The number of hydrogen-bond donors (Lipinski definition) is 0. The Hall–Kier alpha value is -2.51. The van der Waals surface area contributed by atoms with Crippen molar-refractivity contribution in [1.29, 1.82) is 5.26 Å². The Morgan fingerprint density at radius 2 is 1.83 bits per heavy atom. The highest BCUT2D eigenvalue weighted by molar-refractivity contribution is 5.44. The average Bonchev–Trinajstić information content (AvgIpc) is 3.09.